The third-order valence-corrected chi connectivity index (χ3v) is 4.87. The van der Waals surface area contributed by atoms with E-state index in [-0.39, 0.29) is 18.2 Å². The van der Waals surface area contributed by atoms with Crippen molar-refractivity contribution < 1.29 is 9.53 Å². The molecule has 1 aromatic carbocycles. The van der Waals surface area contributed by atoms with Crippen LogP contribution in [0, 0.1) is 6.92 Å². The normalized spacial score (nSPS) is 23.7. The summed E-state index contributed by atoms with van der Waals surface area (Å²) in [4.78, 5) is 14.4. The van der Waals surface area contributed by atoms with Gasteiger partial charge in [0.1, 0.15) is 5.60 Å². The van der Waals surface area contributed by atoms with Gasteiger partial charge in [-0.2, -0.15) is 0 Å². The van der Waals surface area contributed by atoms with E-state index < -0.39 is 5.60 Å². The van der Waals surface area contributed by atoms with Crippen LogP contribution in [0.5, 0.6) is 0 Å². The third kappa shape index (κ3) is 3.63. The Morgan fingerprint density at radius 2 is 2.00 bits per heavy atom. The Kier molecular flexibility index (Phi) is 4.30. The van der Waals surface area contributed by atoms with Gasteiger partial charge in [-0.3, -0.25) is 4.90 Å². The first-order valence-electron chi connectivity index (χ1n) is 8.22. The molecule has 1 fully saturated rings. The molecule has 0 radical (unpaired) electrons. The van der Waals surface area contributed by atoms with Crippen LogP contribution in [0.4, 0.5) is 4.79 Å². The molecule has 0 saturated carbocycles. The Morgan fingerprint density at radius 1 is 1.26 bits per heavy atom. The number of hydrogen-bond donors (Lipinski definition) is 0. The highest BCUT2D eigenvalue weighted by Gasteiger charge is 2.41. The lowest BCUT2D eigenvalue weighted by atomic mass is 9.94. The Hall–Kier alpha value is -1.29. The minimum Gasteiger partial charge on any atom is -0.444 e. The van der Waals surface area contributed by atoms with Gasteiger partial charge in [0.05, 0.1) is 6.04 Å². The van der Waals surface area contributed by atoms with E-state index in [0.717, 1.165) is 23.7 Å². The average molecular weight is 378 g/mol. The van der Waals surface area contributed by atoms with Gasteiger partial charge >= 0.3 is 6.09 Å². The quantitative estimate of drug-likeness (QED) is 0.663. The van der Waals surface area contributed by atoms with Crippen LogP contribution in [0.2, 0.25) is 0 Å². The van der Waals surface area contributed by atoms with Crippen molar-refractivity contribution in [3.05, 3.63) is 39.9 Å². The maximum absolute atomic E-state index is 12.5. The smallest absolute Gasteiger partial charge is 0.411 e. The van der Waals surface area contributed by atoms with Gasteiger partial charge in [-0.05, 0) is 75.8 Å². The van der Waals surface area contributed by atoms with E-state index in [1.807, 2.05) is 25.7 Å². The number of halogens is 1. The number of nitrogens with zero attached hydrogens (tertiary/aromatic N) is 1. The summed E-state index contributed by atoms with van der Waals surface area (Å²) in [6, 6.07) is 6.93. The summed E-state index contributed by atoms with van der Waals surface area (Å²) < 4.78 is 6.69. The number of hydrogen-bond acceptors (Lipinski definition) is 2. The number of carbonyl (C=O) groups excluding carboxylic acids is 1. The van der Waals surface area contributed by atoms with Crippen LogP contribution in [-0.4, -0.2) is 28.7 Å². The van der Waals surface area contributed by atoms with Gasteiger partial charge in [-0.1, -0.05) is 28.1 Å². The lowest BCUT2D eigenvalue weighted by Crippen LogP contribution is -2.45. The molecule has 0 spiro atoms. The van der Waals surface area contributed by atoms with Crippen LogP contribution in [0.1, 0.15) is 51.2 Å². The molecule has 2 aliphatic rings. The first-order valence-corrected chi connectivity index (χ1v) is 9.02. The van der Waals surface area contributed by atoms with E-state index in [2.05, 4.69) is 47.1 Å². The third-order valence-electron chi connectivity index (χ3n) is 4.41. The summed E-state index contributed by atoms with van der Waals surface area (Å²) >= 11 is 3.58. The van der Waals surface area contributed by atoms with Gasteiger partial charge in [0.25, 0.3) is 0 Å². The molecule has 4 heteroatoms. The predicted octanol–water partition coefficient (Wildman–Crippen LogP) is 5.31. The second-order valence-corrected chi connectivity index (χ2v) is 8.52. The van der Waals surface area contributed by atoms with Crippen molar-refractivity contribution in [3.63, 3.8) is 0 Å². The summed E-state index contributed by atoms with van der Waals surface area (Å²) in [6.07, 6.45) is 5.07. The van der Waals surface area contributed by atoms with Crippen LogP contribution in [0.3, 0.4) is 0 Å². The molecule has 2 unspecified atom stereocenters. The molecular weight excluding hydrogens is 354 g/mol. The minimum absolute atomic E-state index is 0.165. The van der Waals surface area contributed by atoms with Gasteiger partial charge in [0.2, 0.25) is 0 Å². The number of aryl methyl sites for hydroxylation is 1. The van der Waals surface area contributed by atoms with Crippen molar-refractivity contribution in [1.29, 1.82) is 0 Å². The Balaban J connectivity index is 1.84. The van der Waals surface area contributed by atoms with Gasteiger partial charge in [-0.15, -0.1) is 0 Å². The van der Waals surface area contributed by atoms with Crippen molar-refractivity contribution in [2.45, 2.75) is 64.6 Å². The molecular formula is C19H24BrNO2. The maximum atomic E-state index is 12.5. The number of benzene rings is 1. The van der Waals surface area contributed by atoms with E-state index in [1.54, 1.807) is 0 Å². The van der Waals surface area contributed by atoms with Gasteiger partial charge in [0, 0.05) is 10.5 Å². The molecule has 0 aliphatic carbocycles. The van der Waals surface area contributed by atoms with Gasteiger partial charge in [0.15, 0.2) is 0 Å². The molecule has 3 rings (SSSR count). The summed E-state index contributed by atoms with van der Waals surface area (Å²) in [5.74, 6) is 0. The van der Waals surface area contributed by atoms with E-state index in [4.69, 9.17) is 4.74 Å². The molecule has 2 bridgehead atoms. The molecule has 1 saturated heterocycles. The fourth-order valence-electron chi connectivity index (χ4n) is 3.57. The molecule has 2 aliphatic heterocycles. The first kappa shape index (κ1) is 16.6. The van der Waals surface area contributed by atoms with Crippen LogP contribution in [-0.2, 0) is 4.74 Å². The number of rotatable bonds is 1. The van der Waals surface area contributed by atoms with Crippen molar-refractivity contribution in [1.82, 2.24) is 4.90 Å². The zero-order valence-electron chi connectivity index (χ0n) is 14.2. The van der Waals surface area contributed by atoms with Crippen molar-refractivity contribution >= 4 is 27.6 Å². The standard InChI is InChI=1S/C19H24BrNO2/c1-12-7-13(9-15(20)8-12)14-10-16-5-6-17(11-14)21(16)18(22)23-19(2,3)4/h7-10,16-17H,5-6,11H2,1-4H3. The van der Waals surface area contributed by atoms with Crippen molar-refractivity contribution in [2.24, 2.45) is 0 Å². The maximum Gasteiger partial charge on any atom is 0.411 e. The number of amides is 1. The lowest BCUT2D eigenvalue weighted by Gasteiger charge is -2.35. The molecule has 3 nitrogen and oxygen atoms in total. The zero-order valence-corrected chi connectivity index (χ0v) is 15.8. The summed E-state index contributed by atoms with van der Waals surface area (Å²) in [5, 5.41) is 0. The van der Waals surface area contributed by atoms with Crippen LogP contribution in [0.25, 0.3) is 5.57 Å². The number of carbonyl (C=O) groups is 1. The molecule has 1 amide bonds. The van der Waals surface area contributed by atoms with E-state index in [9.17, 15) is 4.79 Å². The fraction of sp³-hybridized carbons (Fsp3) is 0.526. The summed E-state index contributed by atoms with van der Waals surface area (Å²) in [6.45, 7) is 7.87. The fourth-order valence-corrected chi connectivity index (χ4v) is 4.17. The molecule has 124 valence electrons. The topological polar surface area (TPSA) is 29.5 Å². The highest BCUT2D eigenvalue weighted by Crippen LogP contribution is 2.39. The van der Waals surface area contributed by atoms with Gasteiger partial charge < -0.3 is 4.74 Å². The highest BCUT2D eigenvalue weighted by molar-refractivity contribution is 9.10. The Labute approximate surface area is 146 Å². The Morgan fingerprint density at radius 3 is 2.61 bits per heavy atom. The molecule has 2 atom stereocenters. The molecule has 0 aromatic heterocycles. The van der Waals surface area contributed by atoms with E-state index in [0.29, 0.717) is 0 Å². The van der Waals surface area contributed by atoms with Crippen LogP contribution >= 0.6 is 15.9 Å². The second kappa shape index (κ2) is 5.97. The van der Waals surface area contributed by atoms with Gasteiger partial charge in [-0.25, -0.2) is 4.79 Å². The molecule has 1 aromatic rings. The van der Waals surface area contributed by atoms with Crippen LogP contribution < -0.4 is 0 Å². The average Bonchev–Trinajstić information content (AvgIpc) is 2.66. The summed E-state index contributed by atoms with van der Waals surface area (Å²) in [5.41, 5.74) is 3.42. The SMILES string of the molecule is Cc1cc(Br)cc(C2=CC3CCC(C2)N3C(=O)OC(C)(C)C)c1. The summed E-state index contributed by atoms with van der Waals surface area (Å²) in [7, 11) is 0. The number of ether oxygens (including phenoxy) is 1. The monoisotopic (exact) mass is 377 g/mol. The Bertz CT molecular complexity index is 640. The number of fused-ring (bicyclic) bond motifs is 2. The van der Waals surface area contributed by atoms with Crippen molar-refractivity contribution in [3.8, 4) is 0 Å². The first-order chi connectivity index (χ1) is 10.7. The van der Waals surface area contributed by atoms with Crippen molar-refractivity contribution in [2.75, 3.05) is 0 Å². The largest absolute Gasteiger partial charge is 0.444 e. The molecule has 0 N–H and O–H groups in total. The second-order valence-electron chi connectivity index (χ2n) is 7.60. The lowest BCUT2D eigenvalue weighted by molar-refractivity contribution is 0.0175. The molecule has 23 heavy (non-hydrogen) atoms. The molecule has 2 heterocycles. The zero-order chi connectivity index (χ0) is 16.8. The predicted molar refractivity (Wildman–Crippen MR) is 96.4 cm³/mol. The highest BCUT2D eigenvalue weighted by atomic mass is 79.9. The van der Waals surface area contributed by atoms with E-state index in [1.165, 1.54) is 16.7 Å². The van der Waals surface area contributed by atoms with E-state index >= 15 is 0 Å². The minimum atomic E-state index is -0.443. The van der Waals surface area contributed by atoms with Crippen LogP contribution in [0.15, 0.2) is 28.7 Å².